The number of carbonyl (C=O) groups excluding carboxylic acids is 1. The van der Waals surface area contributed by atoms with Gasteiger partial charge in [-0.3, -0.25) is 4.79 Å². The Hall–Kier alpha value is -2.73. The Labute approximate surface area is 140 Å². The van der Waals surface area contributed by atoms with Gasteiger partial charge in [-0.05, 0) is 24.3 Å². The van der Waals surface area contributed by atoms with E-state index in [0.717, 1.165) is 32.2 Å². The van der Waals surface area contributed by atoms with Gasteiger partial charge in [-0.1, -0.05) is 34.1 Å². The second-order valence-electron chi connectivity index (χ2n) is 5.13. The highest BCUT2D eigenvalue weighted by atomic mass is 79.9. The molecule has 0 radical (unpaired) electrons. The Morgan fingerprint density at radius 3 is 2.91 bits per heavy atom. The van der Waals surface area contributed by atoms with Crippen molar-refractivity contribution in [3.05, 3.63) is 64.3 Å². The molecule has 6 heteroatoms. The molecule has 0 spiro atoms. The zero-order valence-corrected chi connectivity index (χ0v) is 13.5. The molecule has 1 amide bonds. The summed E-state index contributed by atoms with van der Waals surface area (Å²) in [6.45, 7) is 0. The van der Waals surface area contributed by atoms with E-state index in [9.17, 15) is 4.79 Å². The number of para-hydroxylation sites is 1. The number of nitrogens with one attached hydrogen (secondary N) is 2. The Morgan fingerprint density at radius 1 is 1.13 bits per heavy atom. The van der Waals surface area contributed by atoms with Gasteiger partial charge in [-0.25, -0.2) is 0 Å². The van der Waals surface area contributed by atoms with Crippen LogP contribution in [0.2, 0.25) is 0 Å². The zero-order valence-electron chi connectivity index (χ0n) is 11.9. The van der Waals surface area contributed by atoms with Crippen LogP contribution in [0.25, 0.3) is 10.9 Å². The summed E-state index contributed by atoms with van der Waals surface area (Å²) in [7, 11) is 0. The van der Waals surface area contributed by atoms with Crippen LogP contribution in [-0.2, 0) is 4.79 Å². The normalized spacial score (nSPS) is 15.5. The molecule has 1 aliphatic rings. The molecule has 3 aromatic rings. The van der Waals surface area contributed by atoms with Crippen LogP contribution in [0, 0.1) is 0 Å². The largest absolute Gasteiger partial charge is 0.361 e. The van der Waals surface area contributed by atoms with Crippen molar-refractivity contribution in [3.8, 4) is 0 Å². The average Bonchev–Trinajstić information content (AvgIpc) is 3.09. The first kappa shape index (κ1) is 13.9. The number of hydrogen-bond donors (Lipinski definition) is 2. The quantitative estimate of drug-likeness (QED) is 0.526. The maximum absolute atomic E-state index is 12.0. The predicted octanol–water partition coefficient (Wildman–Crippen LogP) is 3.71. The van der Waals surface area contributed by atoms with Crippen LogP contribution in [0.15, 0.2) is 63.3 Å². The number of nitrogens with zero attached hydrogens (tertiary/aromatic N) is 2. The average molecular weight is 367 g/mol. The summed E-state index contributed by atoms with van der Waals surface area (Å²) in [5, 5.41) is 12.0. The van der Waals surface area contributed by atoms with Crippen molar-refractivity contribution in [2.45, 2.75) is 0 Å². The zero-order chi connectivity index (χ0) is 15.8. The Kier molecular flexibility index (Phi) is 3.31. The van der Waals surface area contributed by atoms with E-state index in [4.69, 9.17) is 0 Å². The number of amides is 1. The number of aromatic nitrogens is 1. The van der Waals surface area contributed by atoms with Gasteiger partial charge in [0.05, 0.1) is 11.9 Å². The minimum atomic E-state index is -0.242. The van der Waals surface area contributed by atoms with Gasteiger partial charge in [-0.2, -0.15) is 5.10 Å². The number of H-pyrrole nitrogens is 1. The predicted molar refractivity (Wildman–Crippen MR) is 95.2 cm³/mol. The van der Waals surface area contributed by atoms with Gasteiger partial charge >= 0.3 is 0 Å². The van der Waals surface area contributed by atoms with E-state index >= 15 is 0 Å². The van der Waals surface area contributed by atoms with E-state index in [0.29, 0.717) is 5.71 Å². The van der Waals surface area contributed by atoms with Gasteiger partial charge in [0.1, 0.15) is 0 Å². The van der Waals surface area contributed by atoms with Crippen LogP contribution in [0.4, 0.5) is 5.69 Å². The summed E-state index contributed by atoms with van der Waals surface area (Å²) in [5.74, 6) is -0.242. The third-order valence-corrected chi connectivity index (χ3v) is 4.17. The molecule has 2 heterocycles. The van der Waals surface area contributed by atoms with E-state index < -0.39 is 0 Å². The number of carbonyl (C=O) groups is 1. The number of aromatic amines is 1. The van der Waals surface area contributed by atoms with Gasteiger partial charge in [0.2, 0.25) is 0 Å². The molecule has 112 valence electrons. The third kappa shape index (κ3) is 2.47. The van der Waals surface area contributed by atoms with Crippen LogP contribution >= 0.6 is 15.9 Å². The van der Waals surface area contributed by atoms with Gasteiger partial charge in [0, 0.05) is 32.7 Å². The molecule has 0 saturated heterocycles. The lowest BCUT2D eigenvalue weighted by atomic mass is 10.1. The highest BCUT2D eigenvalue weighted by Crippen LogP contribution is 2.27. The molecule has 0 fully saturated rings. The second kappa shape index (κ2) is 5.48. The first-order chi connectivity index (χ1) is 11.2. The maximum atomic E-state index is 12.0. The Balaban J connectivity index is 1.69. The number of benzene rings is 2. The SMILES string of the molecule is O=C1Nc2ccc(Br)cc2/C1=N\N=C/c1c[nH]c2ccccc12. The van der Waals surface area contributed by atoms with E-state index in [1.165, 1.54) is 0 Å². The Morgan fingerprint density at radius 2 is 2.00 bits per heavy atom. The lowest BCUT2D eigenvalue weighted by Gasteiger charge is -1.96. The summed E-state index contributed by atoms with van der Waals surface area (Å²) in [5.41, 5.74) is 3.78. The fraction of sp³-hybridized carbons (Fsp3) is 0. The van der Waals surface area contributed by atoms with Crippen LogP contribution in [0.5, 0.6) is 0 Å². The van der Waals surface area contributed by atoms with Crippen LogP contribution in [-0.4, -0.2) is 22.8 Å². The second-order valence-corrected chi connectivity index (χ2v) is 6.04. The van der Waals surface area contributed by atoms with Crippen LogP contribution in [0.3, 0.4) is 0 Å². The summed E-state index contributed by atoms with van der Waals surface area (Å²) >= 11 is 3.40. The van der Waals surface area contributed by atoms with Crippen molar-refractivity contribution in [1.82, 2.24) is 4.98 Å². The van der Waals surface area contributed by atoms with Crippen molar-refractivity contribution in [2.75, 3.05) is 5.32 Å². The van der Waals surface area contributed by atoms with Crippen LogP contribution in [0.1, 0.15) is 11.1 Å². The van der Waals surface area contributed by atoms with Gasteiger partial charge < -0.3 is 10.3 Å². The molecule has 1 aromatic heterocycles. The molecular formula is C17H11BrN4O. The molecule has 5 nitrogen and oxygen atoms in total. The molecule has 4 rings (SSSR count). The number of anilines is 1. The third-order valence-electron chi connectivity index (χ3n) is 3.68. The van der Waals surface area contributed by atoms with E-state index in [1.54, 1.807) is 6.21 Å². The van der Waals surface area contributed by atoms with Crippen molar-refractivity contribution in [2.24, 2.45) is 10.2 Å². The lowest BCUT2D eigenvalue weighted by molar-refractivity contribution is -0.110. The van der Waals surface area contributed by atoms with Crippen molar-refractivity contribution >= 4 is 50.4 Å². The topological polar surface area (TPSA) is 69.6 Å². The van der Waals surface area contributed by atoms with Gasteiger partial charge in [0.25, 0.3) is 5.91 Å². The molecule has 0 aliphatic carbocycles. The number of rotatable bonds is 2. The fourth-order valence-corrected chi connectivity index (χ4v) is 2.94. The molecule has 0 bridgehead atoms. The monoisotopic (exact) mass is 366 g/mol. The minimum absolute atomic E-state index is 0.242. The first-order valence-electron chi connectivity index (χ1n) is 7.01. The summed E-state index contributed by atoms with van der Waals surface area (Å²) < 4.78 is 0.890. The first-order valence-corrected chi connectivity index (χ1v) is 7.80. The molecule has 2 N–H and O–H groups in total. The highest BCUT2D eigenvalue weighted by Gasteiger charge is 2.26. The molecule has 1 aliphatic heterocycles. The summed E-state index contributed by atoms with van der Waals surface area (Å²) in [4.78, 5) is 15.2. The van der Waals surface area contributed by atoms with E-state index in [2.05, 4.69) is 36.4 Å². The summed E-state index contributed by atoms with van der Waals surface area (Å²) in [6.07, 6.45) is 3.52. The van der Waals surface area contributed by atoms with Crippen molar-refractivity contribution in [1.29, 1.82) is 0 Å². The number of hydrogen-bond acceptors (Lipinski definition) is 3. The lowest BCUT2D eigenvalue weighted by Crippen LogP contribution is -2.13. The van der Waals surface area contributed by atoms with Crippen LogP contribution < -0.4 is 5.32 Å². The smallest absolute Gasteiger partial charge is 0.276 e. The standard InChI is InChI=1S/C17H11BrN4O/c18-11-5-6-15-13(7-11)16(17(23)21-15)22-20-9-10-8-19-14-4-2-1-3-12(10)14/h1-9,19H,(H,21,22,23)/b20-9-. The van der Waals surface area contributed by atoms with E-state index in [-0.39, 0.29) is 5.91 Å². The maximum Gasteiger partial charge on any atom is 0.276 e. The fourth-order valence-electron chi connectivity index (χ4n) is 2.57. The summed E-state index contributed by atoms with van der Waals surface area (Å²) in [6, 6.07) is 13.5. The molecule has 0 unspecified atom stereocenters. The van der Waals surface area contributed by atoms with Gasteiger partial charge in [0.15, 0.2) is 5.71 Å². The minimum Gasteiger partial charge on any atom is -0.361 e. The number of halogens is 1. The molecule has 2 aromatic carbocycles. The molecule has 23 heavy (non-hydrogen) atoms. The van der Waals surface area contributed by atoms with Gasteiger partial charge in [-0.15, -0.1) is 5.10 Å². The number of fused-ring (bicyclic) bond motifs is 2. The molecular weight excluding hydrogens is 356 g/mol. The molecule has 0 atom stereocenters. The molecule has 0 saturated carbocycles. The van der Waals surface area contributed by atoms with Crippen molar-refractivity contribution in [3.63, 3.8) is 0 Å². The van der Waals surface area contributed by atoms with Crippen molar-refractivity contribution < 1.29 is 4.79 Å². The Bertz CT molecular complexity index is 987. The highest BCUT2D eigenvalue weighted by molar-refractivity contribution is 9.10. The van der Waals surface area contributed by atoms with E-state index in [1.807, 2.05) is 48.7 Å².